The molecule has 0 aromatic heterocycles. The molecule has 1 aliphatic heterocycles. The van der Waals surface area contributed by atoms with Gasteiger partial charge in [0.15, 0.2) is 0 Å². The molecule has 0 fully saturated rings. The topological polar surface area (TPSA) is 186 Å². The minimum atomic E-state index is -4.73. The second-order valence-electron chi connectivity index (χ2n) is 9.52. The average molecular weight is 635 g/mol. The van der Waals surface area contributed by atoms with E-state index in [2.05, 4.69) is 10.2 Å². The maximum Gasteiger partial charge on any atom is 0.285 e. The standard InChI is InChI=1S/C28H22N6O8S2/c1-19-11-15-21(16-12-19)43(39,40)31-27(23-7-3-5-9-25(23)33(35)36)30-32(44(41,42)22-17-13-20(2)14-18-22)28(29-31)24-8-4-6-10-26(24)34(37)38/h3-18H,1-2H3. The molecule has 14 nitrogen and oxygen atoms in total. The van der Waals surface area contributed by atoms with Crippen LogP contribution in [0.4, 0.5) is 11.4 Å². The van der Waals surface area contributed by atoms with Gasteiger partial charge in [-0.1, -0.05) is 59.7 Å². The fourth-order valence-electron chi connectivity index (χ4n) is 4.26. The van der Waals surface area contributed by atoms with Crippen molar-refractivity contribution in [2.24, 2.45) is 10.2 Å². The van der Waals surface area contributed by atoms with Crippen molar-refractivity contribution < 1.29 is 26.7 Å². The lowest BCUT2D eigenvalue weighted by Crippen LogP contribution is -2.45. The van der Waals surface area contributed by atoms with Gasteiger partial charge in [0.1, 0.15) is 0 Å². The van der Waals surface area contributed by atoms with Crippen LogP contribution >= 0.6 is 0 Å². The summed E-state index contributed by atoms with van der Waals surface area (Å²) in [5, 5.41) is 32.3. The van der Waals surface area contributed by atoms with Gasteiger partial charge < -0.3 is 0 Å². The zero-order valence-electron chi connectivity index (χ0n) is 23.0. The van der Waals surface area contributed by atoms with Crippen molar-refractivity contribution in [2.75, 3.05) is 0 Å². The van der Waals surface area contributed by atoms with Gasteiger partial charge in [-0.3, -0.25) is 20.2 Å². The van der Waals surface area contributed by atoms with Crippen LogP contribution in [0.5, 0.6) is 0 Å². The quantitative estimate of drug-likeness (QED) is 0.200. The number of hydrazone groups is 2. The third-order valence-corrected chi connectivity index (χ3v) is 9.67. The number of aryl methyl sites for hydroxylation is 2. The Labute approximate surface area is 251 Å². The number of nitro benzene ring substituents is 2. The first kappa shape index (κ1) is 30.0. The molecule has 0 aliphatic carbocycles. The van der Waals surface area contributed by atoms with Crippen LogP contribution in [0.1, 0.15) is 22.3 Å². The Kier molecular flexibility index (Phi) is 7.71. The summed E-state index contributed by atoms with van der Waals surface area (Å²) < 4.78 is 57.1. The van der Waals surface area contributed by atoms with Gasteiger partial charge in [-0.15, -0.1) is 19.0 Å². The van der Waals surface area contributed by atoms with Gasteiger partial charge >= 0.3 is 0 Å². The first-order valence-electron chi connectivity index (χ1n) is 12.7. The van der Waals surface area contributed by atoms with Crippen molar-refractivity contribution in [3.05, 3.63) is 140 Å². The monoisotopic (exact) mass is 634 g/mol. The highest BCUT2D eigenvalue weighted by Crippen LogP contribution is 2.33. The number of hydrogen-bond acceptors (Lipinski definition) is 10. The first-order chi connectivity index (χ1) is 20.8. The van der Waals surface area contributed by atoms with Gasteiger partial charge in [-0.2, -0.15) is 16.8 Å². The Morgan fingerprint density at radius 3 is 1.18 bits per heavy atom. The predicted molar refractivity (Wildman–Crippen MR) is 160 cm³/mol. The van der Waals surface area contributed by atoms with E-state index in [0.29, 0.717) is 8.83 Å². The molecule has 0 N–H and O–H groups in total. The molecule has 44 heavy (non-hydrogen) atoms. The third kappa shape index (κ3) is 5.38. The minimum Gasteiger partial charge on any atom is -0.258 e. The zero-order chi connectivity index (χ0) is 31.8. The van der Waals surface area contributed by atoms with Crippen molar-refractivity contribution in [3.63, 3.8) is 0 Å². The van der Waals surface area contributed by atoms with Crippen LogP contribution in [-0.4, -0.2) is 47.2 Å². The van der Waals surface area contributed by atoms with E-state index in [1.165, 1.54) is 84.9 Å². The van der Waals surface area contributed by atoms with Crippen molar-refractivity contribution in [2.45, 2.75) is 23.6 Å². The lowest BCUT2D eigenvalue weighted by Gasteiger charge is -2.30. The van der Waals surface area contributed by atoms with Gasteiger partial charge in [0.2, 0.25) is 11.7 Å². The summed E-state index contributed by atoms with van der Waals surface area (Å²) in [6, 6.07) is 21.2. The summed E-state index contributed by atoms with van der Waals surface area (Å²) in [7, 11) is -9.46. The number of hydrogen-bond donors (Lipinski definition) is 0. The van der Waals surface area contributed by atoms with E-state index in [1.807, 2.05) is 0 Å². The van der Waals surface area contributed by atoms with Crippen LogP contribution in [0.25, 0.3) is 0 Å². The summed E-state index contributed by atoms with van der Waals surface area (Å²) in [4.78, 5) is 21.9. The van der Waals surface area contributed by atoms with Crippen molar-refractivity contribution in [1.82, 2.24) is 8.83 Å². The van der Waals surface area contributed by atoms with Crippen LogP contribution in [0.2, 0.25) is 0 Å². The number of sulfonamides is 2. The summed E-state index contributed by atoms with van der Waals surface area (Å²) >= 11 is 0. The molecular formula is C28H22N6O8S2. The molecule has 1 heterocycles. The molecule has 0 unspecified atom stereocenters. The molecule has 0 amide bonds. The number of para-hydroxylation sites is 2. The predicted octanol–water partition coefficient (Wildman–Crippen LogP) is 4.54. The fraction of sp³-hybridized carbons (Fsp3) is 0.0714. The normalized spacial score (nSPS) is 13.7. The summed E-state index contributed by atoms with van der Waals surface area (Å²) in [6.45, 7) is 3.46. The molecule has 0 saturated carbocycles. The zero-order valence-corrected chi connectivity index (χ0v) is 24.6. The molecule has 4 aromatic rings. The van der Waals surface area contributed by atoms with Crippen LogP contribution in [-0.2, 0) is 20.0 Å². The summed E-state index contributed by atoms with van der Waals surface area (Å²) in [5.74, 6) is -1.45. The molecule has 0 spiro atoms. The highest BCUT2D eigenvalue weighted by Gasteiger charge is 2.42. The lowest BCUT2D eigenvalue weighted by atomic mass is 10.1. The second-order valence-corrected chi connectivity index (χ2v) is 13.1. The van der Waals surface area contributed by atoms with Crippen molar-refractivity contribution in [1.29, 1.82) is 0 Å². The van der Waals surface area contributed by atoms with Crippen molar-refractivity contribution >= 4 is 43.1 Å². The molecule has 16 heteroatoms. The third-order valence-electron chi connectivity index (χ3n) is 6.51. The maximum absolute atomic E-state index is 14.1. The molecule has 0 saturated heterocycles. The largest absolute Gasteiger partial charge is 0.285 e. The van der Waals surface area contributed by atoms with Gasteiger partial charge in [-0.25, -0.2) is 0 Å². The van der Waals surface area contributed by atoms with Crippen LogP contribution < -0.4 is 0 Å². The highest BCUT2D eigenvalue weighted by atomic mass is 32.2. The molecule has 5 rings (SSSR count). The Bertz CT molecular complexity index is 1930. The molecule has 0 atom stereocenters. The summed E-state index contributed by atoms with van der Waals surface area (Å²) in [5.41, 5.74) is -0.464. The van der Waals surface area contributed by atoms with Gasteiger partial charge in [0.25, 0.3) is 31.4 Å². The Balaban J connectivity index is 1.87. The first-order valence-corrected chi connectivity index (χ1v) is 15.6. The number of amidine groups is 2. The fourth-order valence-corrected chi connectivity index (χ4v) is 6.71. The highest BCUT2D eigenvalue weighted by molar-refractivity contribution is 7.90. The molecule has 0 bridgehead atoms. The Hall–Kier alpha value is -5.48. The number of nitrogens with zero attached hydrogens (tertiary/aromatic N) is 6. The second kappa shape index (κ2) is 11.3. The van der Waals surface area contributed by atoms with Crippen LogP contribution in [0.15, 0.2) is 117 Å². The molecule has 0 radical (unpaired) electrons. The van der Waals surface area contributed by atoms with E-state index in [0.717, 1.165) is 23.3 Å². The van der Waals surface area contributed by atoms with E-state index in [-0.39, 0.29) is 20.9 Å². The van der Waals surface area contributed by atoms with E-state index in [1.54, 1.807) is 13.8 Å². The molecule has 1 aliphatic rings. The minimum absolute atomic E-state index is 0.296. The van der Waals surface area contributed by atoms with E-state index in [9.17, 15) is 37.1 Å². The van der Waals surface area contributed by atoms with E-state index >= 15 is 0 Å². The Morgan fingerprint density at radius 2 is 0.864 bits per heavy atom. The van der Waals surface area contributed by atoms with Crippen LogP contribution in [0.3, 0.4) is 0 Å². The van der Waals surface area contributed by atoms with Crippen molar-refractivity contribution in [3.8, 4) is 0 Å². The summed E-state index contributed by atoms with van der Waals surface area (Å²) in [6.07, 6.45) is 0. The smallest absolute Gasteiger partial charge is 0.258 e. The molecular weight excluding hydrogens is 612 g/mol. The van der Waals surface area contributed by atoms with Crippen LogP contribution in [0, 0.1) is 34.1 Å². The van der Waals surface area contributed by atoms with E-state index < -0.39 is 52.9 Å². The molecule has 4 aromatic carbocycles. The Morgan fingerprint density at radius 1 is 0.545 bits per heavy atom. The van der Waals surface area contributed by atoms with Gasteiger partial charge in [0, 0.05) is 12.1 Å². The maximum atomic E-state index is 14.1. The SMILES string of the molecule is Cc1ccc(S(=O)(=O)N2N=C(c3ccccc3[N+](=O)[O-])N(S(=O)(=O)c3ccc(C)cc3)N=C2c2ccccc2[N+](=O)[O-])cc1. The number of nitro groups is 2. The van der Waals surface area contributed by atoms with Gasteiger partial charge in [-0.05, 0) is 50.2 Å². The average Bonchev–Trinajstić information content (AvgIpc) is 3.00. The number of rotatable bonds is 8. The lowest BCUT2D eigenvalue weighted by molar-refractivity contribution is -0.385. The number of benzene rings is 4. The molecule has 224 valence electrons. The van der Waals surface area contributed by atoms with E-state index in [4.69, 9.17) is 0 Å². The van der Waals surface area contributed by atoms with Gasteiger partial charge in [0.05, 0.1) is 30.8 Å².